The van der Waals surface area contributed by atoms with E-state index in [0.717, 1.165) is 11.3 Å². The number of hydrogen-bond acceptors (Lipinski definition) is 4. The van der Waals surface area contributed by atoms with Crippen molar-refractivity contribution in [1.29, 1.82) is 5.26 Å². The van der Waals surface area contributed by atoms with Crippen LogP contribution >= 0.6 is 11.6 Å². The van der Waals surface area contributed by atoms with Gasteiger partial charge in [0.2, 0.25) is 0 Å². The Morgan fingerprint density at radius 2 is 2.07 bits per heavy atom. The van der Waals surface area contributed by atoms with Gasteiger partial charge in [-0.2, -0.15) is 5.26 Å². The molecular weight excluding hydrogens is 364 g/mol. The maximum absolute atomic E-state index is 13.1. The van der Waals surface area contributed by atoms with E-state index >= 15 is 0 Å². The average molecular weight is 383 g/mol. The lowest BCUT2D eigenvalue weighted by molar-refractivity contribution is -0.115. The fourth-order valence-electron chi connectivity index (χ4n) is 2.84. The van der Waals surface area contributed by atoms with Crippen LogP contribution in [0.4, 0.5) is 5.69 Å². The summed E-state index contributed by atoms with van der Waals surface area (Å²) in [5.41, 5.74) is 1.98. The molecule has 0 atom stereocenters. The molecule has 138 valence electrons. The van der Waals surface area contributed by atoms with Gasteiger partial charge in [-0.15, -0.1) is 0 Å². The van der Waals surface area contributed by atoms with Gasteiger partial charge in [0.1, 0.15) is 18.1 Å². The zero-order valence-electron chi connectivity index (χ0n) is 14.9. The summed E-state index contributed by atoms with van der Waals surface area (Å²) in [6, 6.07) is 14.6. The lowest BCUT2D eigenvalue weighted by Crippen LogP contribution is -2.35. The summed E-state index contributed by atoms with van der Waals surface area (Å²) in [6.07, 6.45) is 2.02. The fraction of sp³-hybridized carbons (Fsp3) is 0.238. The highest BCUT2D eigenvalue weighted by Gasteiger charge is 2.23. The number of halogens is 1. The van der Waals surface area contributed by atoms with Crippen molar-refractivity contribution in [3.63, 3.8) is 0 Å². The Kier molecular flexibility index (Phi) is 6.00. The van der Waals surface area contributed by atoms with Gasteiger partial charge in [-0.05, 0) is 55.5 Å². The Morgan fingerprint density at radius 1 is 1.30 bits per heavy atom. The number of anilines is 1. The molecule has 0 saturated carbocycles. The third-order valence-corrected chi connectivity index (χ3v) is 4.35. The van der Waals surface area contributed by atoms with Crippen LogP contribution in [-0.4, -0.2) is 25.7 Å². The molecule has 0 radical (unpaired) electrons. The fourth-order valence-corrected chi connectivity index (χ4v) is 3.02. The zero-order valence-corrected chi connectivity index (χ0v) is 15.7. The van der Waals surface area contributed by atoms with Crippen LogP contribution in [0.1, 0.15) is 18.9 Å². The predicted octanol–water partition coefficient (Wildman–Crippen LogP) is 4.46. The predicted molar refractivity (Wildman–Crippen MR) is 105 cm³/mol. The smallest absolute Gasteiger partial charge is 0.257 e. The molecule has 1 heterocycles. The number of hydrogen-bond donors (Lipinski definition) is 0. The highest BCUT2D eigenvalue weighted by molar-refractivity contribution is 6.30. The monoisotopic (exact) mass is 382 g/mol. The van der Waals surface area contributed by atoms with Crippen molar-refractivity contribution in [1.82, 2.24) is 0 Å². The van der Waals surface area contributed by atoms with Crippen LogP contribution in [0.3, 0.4) is 0 Å². The first-order chi connectivity index (χ1) is 13.1. The Labute approximate surface area is 163 Å². The van der Waals surface area contributed by atoms with Gasteiger partial charge in [-0.3, -0.25) is 4.79 Å². The standard InChI is InChI=1S/C21H19ClN2O3/c1-2-26-19-7-5-18(6-8-19)24(11-3-10-23)21(25)16-12-15-13-17(22)4-9-20(15)27-14-16/h4-9,12-13H,2-3,11,14H2,1H3. The number of carbonyl (C=O) groups is 1. The van der Waals surface area contributed by atoms with Crippen molar-refractivity contribution < 1.29 is 14.3 Å². The molecular formula is C21H19ClN2O3. The summed E-state index contributed by atoms with van der Waals surface area (Å²) < 4.78 is 11.1. The summed E-state index contributed by atoms with van der Waals surface area (Å²) in [7, 11) is 0. The van der Waals surface area contributed by atoms with Crippen LogP contribution in [0.5, 0.6) is 11.5 Å². The van der Waals surface area contributed by atoms with Crippen LogP contribution < -0.4 is 14.4 Å². The summed E-state index contributed by atoms with van der Waals surface area (Å²) in [4.78, 5) is 14.7. The van der Waals surface area contributed by atoms with Crippen molar-refractivity contribution >= 4 is 29.3 Å². The van der Waals surface area contributed by atoms with E-state index < -0.39 is 0 Å². The SMILES string of the molecule is CCOc1ccc(N(CCC#N)C(=O)C2=Cc3cc(Cl)ccc3OC2)cc1. The molecule has 0 spiro atoms. The average Bonchev–Trinajstić information content (AvgIpc) is 2.69. The molecule has 3 rings (SSSR count). The number of rotatable bonds is 6. The van der Waals surface area contributed by atoms with Crippen LogP contribution in [0.25, 0.3) is 6.08 Å². The third-order valence-electron chi connectivity index (χ3n) is 4.11. The normalized spacial score (nSPS) is 12.3. The number of nitriles is 1. The number of nitrogens with zero attached hydrogens (tertiary/aromatic N) is 2. The molecule has 5 nitrogen and oxygen atoms in total. The van der Waals surface area contributed by atoms with Crippen molar-refractivity contribution in [2.24, 2.45) is 0 Å². The second kappa shape index (κ2) is 8.61. The second-order valence-electron chi connectivity index (χ2n) is 5.93. The van der Waals surface area contributed by atoms with Crippen LogP contribution in [0.15, 0.2) is 48.0 Å². The zero-order chi connectivity index (χ0) is 19.2. The minimum Gasteiger partial charge on any atom is -0.494 e. The Bertz CT molecular complexity index is 901. The van der Waals surface area contributed by atoms with Crippen LogP contribution in [0, 0.1) is 11.3 Å². The van der Waals surface area contributed by atoms with Gasteiger partial charge in [-0.1, -0.05) is 11.6 Å². The van der Waals surface area contributed by atoms with E-state index in [-0.39, 0.29) is 18.9 Å². The molecule has 27 heavy (non-hydrogen) atoms. The van der Waals surface area contributed by atoms with Crippen molar-refractivity contribution in [2.45, 2.75) is 13.3 Å². The number of carbonyl (C=O) groups excluding carboxylic acids is 1. The van der Waals surface area contributed by atoms with Crippen LogP contribution in [0.2, 0.25) is 5.02 Å². The topological polar surface area (TPSA) is 62.6 Å². The Hall–Kier alpha value is -2.97. The third kappa shape index (κ3) is 4.42. The largest absolute Gasteiger partial charge is 0.494 e. The van der Waals surface area contributed by atoms with Gasteiger partial charge in [-0.25, -0.2) is 0 Å². The lowest BCUT2D eigenvalue weighted by atomic mass is 10.1. The first kappa shape index (κ1) is 18.8. The van der Waals surface area contributed by atoms with E-state index in [2.05, 4.69) is 6.07 Å². The molecule has 0 unspecified atom stereocenters. The second-order valence-corrected chi connectivity index (χ2v) is 6.37. The summed E-state index contributed by atoms with van der Waals surface area (Å²) >= 11 is 6.04. The van der Waals surface area contributed by atoms with Gasteiger partial charge in [0.15, 0.2) is 0 Å². The quantitative estimate of drug-likeness (QED) is 0.739. The number of ether oxygens (including phenoxy) is 2. The maximum atomic E-state index is 13.1. The lowest BCUT2D eigenvalue weighted by Gasteiger charge is -2.25. The van der Waals surface area contributed by atoms with Crippen molar-refractivity contribution in [3.8, 4) is 17.6 Å². The van der Waals surface area contributed by atoms with Gasteiger partial charge in [0.05, 0.1) is 24.7 Å². The van der Waals surface area contributed by atoms with Gasteiger partial charge in [0, 0.05) is 22.8 Å². The molecule has 0 fully saturated rings. The number of amides is 1. The molecule has 1 aliphatic rings. The van der Waals surface area contributed by atoms with E-state index in [1.54, 1.807) is 29.2 Å². The van der Waals surface area contributed by atoms with Crippen LogP contribution in [-0.2, 0) is 4.79 Å². The molecule has 2 aromatic rings. The van der Waals surface area contributed by atoms with E-state index in [9.17, 15) is 4.79 Å². The molecule has 1 amide bonds. The van der Waals surface area contributed by atoms with E-state index in [1.807, 2.05) is 31.2 Å². The van der Waals surface area contributed by atoms with E-state index in [1.165, 1.54) is 0 Å². The highest BCUT2D eigenvalue weighted by atomic mass is 35.5. The summed E-state index contributed by atoms with van der Waals surface area (Å²) in [6.45, 7) is 2.95. The van der Waals surface area contributed by atoms with Gasteiger partial charge >= 0.3 is 0 Å². The van der Waals surface area contributed by atoms with Gasteiger partial charge < -0.3 is 14.4 Å². The summed E-state index contributed by atoms with van der Waals surface area (Å²) in [5.74, 6) is 1.23. The van der Waals surface area contributed by atoms with Crippen molar-refractivity contribution in [3.05, 3.63) is 58.6 Å². The van der Waals surface area contributed by atoms with E-state index in [4.69, 9.17) is 26.3 Å². The minimum atomic E-state index is -0.194. The molecule has 0 N–H and O–H groups in total. The minimum absolute atomic E-state index is 0.174. The first-order valence-corrected chi connectivity index (χ1v) is 9.04. The van der Waals surface area contributed by atoms with Gasteiger partial charge in [0.25, 0.3) is 5.91 Å². The van der Waals surface area contributed by atoms with Crippen molar-refractivity contribution in [2.75, 3.05) is 24.7 Å². The molecule has 6 heteroatoms. The Balaban J connectivity index is 1.88. The number of benzene rings is 2. The maximum Gasteiger partial charge on any atom is 0.257 e. The number of fused-ring (bicyclic) bond motifs is 1. The molecule has 0 bridgehead atoms. The molecule has 0 saturated heterocycles. The first-order valence-electron chi connectivity index (χ1n) is 8.67. The molecule has 2 aromatic carbocycles. The molecule has 0 aliphatic carbocycles. The van der Waals surface area contributed by atoms with E-state index in [0.29, 0.717) is 35.2 Å². The molecule has 1 aliphatic heterocycles. The Morgan fingerprint density at radius 3 is 2.78 bits per heavy atom. The summed E-state index contributed by atoms with van der Waals surface area (Å²) in [5, 5.41) is 9.55. The molecule has 0 aromatic heterocycles. The highest BCUT2D eigenvalue weighted by Crippen LogP contribution is 2.30.